The Morgan fingerprint density at radius 1 is 1.08 bits per heavy atom. The molecule has 0 amide bonds. The lowest BCUT2D eigenvalue weighted by molar-refractivity contribution is 0.0973. The van der Waals surface area contributed by atoms with Crippen molar-refractivity contribution in [3.05, 3.63) is 75.8 Å². The predicted molar refractivity (Wildman–Crippen MR) is 103 cm³/mol. The van der Waals surface area contributed by atoms with Gasteiger partial charge in [0.15, 0.2) is 5.78 Å². The highest BCUT2D eigenvalue weighted by Crippen LogP contribution is 2.28. The van der Waals surface area contributed by atoms with Gasteiger partial charge in [0, 0.05) is 16.5 Å². The van der Waals surface area contributed by atoms with Crippen LogP contribution in [0.5, 0.6) is 5.75 Å². The predicted octanol–water partition coefficient (Wildman–Crippen LogP) is 6.17. The largest absolute Gasteiger partial charge is 0.497 e. The lowest BCUT2D eigenvalue weighted by atomic mass is 9.88. The van der Waals surface area contributed by atoms with E-state index in [0.29, 0.717) is 6.42 Å². The minimum absolute atomic E-state index is 0.160. The van der Waals surface area contributed by atoms with E-state index in [9.17, 15) is 4.79 Å². The molecule has 0 N–H and O–H groups in total. The minimum Gasteiger partial charge on any atom is -0.497 e. The van der Waals surface area contributed by atoms with E-state index in [0.717, 1.165) is 22.2 Å². The number of hydrogen-bond donors (Lipinski definition) is 0. The van der Waals surface area contributed by atoms with Crippen molar-refractivity contribution >= 4 is 21.7 Å². The first-order chi connectivity index (χ1) is 11.5. The van der Waals surface area contributed by atoms with E-state index in [1.165, 1.54) is 11.1 Å². The Morgan fingerprint density at radius 2 is 1.71 bits per heavy atom. The van der Waals surface area contributed by atoms with E-state index in [1.807, 2.05) is 36.4 Å². The van der Waals surface area contributed by atoms with Gasteiger partial charge in [-0.3, -0.25) is 4.79 Å². The Kier molecular flexibility index (Phi) is 6.80. The van der Waals surface area contributed by atoms with Crippen molar-refractivity contribution < 1.29 is 9.53 Å². The van der Waals surface area contributed by atoms with Gasteiger partial charge in [-0.25, -0.2) is 0 Å². The van der Waals surface area contributed by atoms with Crippen LogP contribution in [0.25, 0.3) is 0 Å². The second-order valence-corrected chi connectivity index (χ2v) is 7.04. The monoisotopic (exact) mass is 386 g/mol. The van der Waals surface area contributed by atoms with Crippen LogP contribution < -0.4 is 4.74 Å². The zero-order valence-corrected chi connectivity index (χ0v) is 16.0. The molecule has 0 aliphatic rings. The Morgan fingerprint density at radius 3 is 2.25 bits per heavy atom. The van der Waals surface area contributed by atoms with Crippen molar-refractivity contribution in [3.8, 4) is 5.75 Å². The summed E-state index contributed by atoms with van der Waals surface area (Å²) in [4.78, 5) is 12.7. The van der Waals surface area contributed by atoms with Gasteiger partial charge < -0.3 is 4.74 Å². The topological polar surface area (TPSA) is 26.3 Å². The molecule has 0 heterocycles. The normalized spacial score (nSPS) is 11.7. The first-order valence-electron chi connectivity index (χ1n) is 8.05. The van der Waals surface area contributed by atoms with Crippen molar-refractivity contribution in [1.82, 2.24) is 0 Å². The number of rotatable bonds is 7. The van der Waals surface area contributed by atoms with E-state index in [-0.39, 0.29) is 11.7 Å². The summed E-state index contributed by atoms with van der Waals surface area (Å²) in [5.74, 6) is 1.11. The molecular weight excluding hydrogens is 364 g/mol. The van der Waals surface area contributed by atoms with Crippen LogP contribution in [0.15, 0.2) is 64.7 Å². The lowest BCUT2D eigenvalue weighted by Gasteiger charge is -2.16. The van der Waals surface area contributed by atoms with Crippen LogP contribution in [-0.2, 0) is 0 Å². The molecule has 2 aromatic carbocycles. The number of carbonyl (C=O) groups is 1. The second kappa shape index (κ2) is 8.84. The molecule has 0 bridgehead atoms. The van der Waals surface area contributed by atoms with E-state index in [2.05, 4.69) is 48.0 Å². The minimum atomic E-state index is 0.160. The molecule has 0 saturated carbocycles. The van der Waals surface area contributed by atoms with E-state index in [1.54, 1.807) is 7.11 Å². The van der Waals surface area contributed by atoms with Crippen LogP contribution >= 0.6 is 15.9 Å². The smallest absolute Gasteiger partial charge is 0.163 e. The average Bonchev–Trinajstić information content (AvgIpc) is 2.59. The Bertz CT molecular complexity index is 696. The first-order valence-corrected chi connectivity index (χ1v) is 8.85. The average molecular weight is 387 g/mol. The van der Waals surface area contributed by atoms with Crippen molar-refractivity contribution in [3.63, 3.8) is 0 Å². The number of benzene rings is 2. The Balaban J connectivity index is 2.18. The fourth-order valence-electron chi connectivity index (χ4n) is 2.57. The third-order valence-electron chi connectivity index (χ3n) is 4.00. The number of methoxy groups -OCH3 is 1. The van der Waals surface area contributed by atoms with E-state index >= 15 is 0 Å². The Labute approximate surface area is 152 Å². The maximum absolute atomic E-state index is 12.7. The molecule has 0 aromatic heterocycles. The number of carbonyl (C=O) groups excluding carboxylic acids is 1. The molecule has 24 heavy (non-hydrogen) atoms. The molecule has 2 aromatic rings. The standard InChI is InChI=1S/C21H23BrO2/c1-15(2)4-5-18(16-6-10-19(22)11-7-16)14-21(23)17-8-12-20(24-3)13-9-17/h4,6-13,18H,5,14H2,1-3H3. The lowest BCUT2D eigenvalue weighted by Crippen LogP contribution is -2.07. The molecule has 0 saturated heterocycles. The van der Waals surface area contributed by atoms with E-state index in [4.69, 9.17) is 4.74 Å². The summed E-state index contributed by atoms with van der Waals surface area (Å²) in [5, 5.41) is 0. The van der Waals surface area contributed by atoms with Gasteiger partial charge in [-0.05, 0) is 68.1 Å². The number of ketones is 1. The van der Waals surface area contributed by atoms with Crippen LogP contribution in [0.3, 0.4) is 0 Å². The van der Waals surface area contributed by atoms with Crippen LogP contribution in [0.2, 0.25) is 0 Å². The summed E-state index contributed by atoms with van der Waals surface area (Å²) in [6.45, 7) is 4.17. The molecule has 0 aliphatic heterocycles. The second-order valence-electron chi connectivity index (χ2n) is 6.12. The zero-order chi connectivity index (χ0) is 17.5. The molecule has 0 spiro atoms. The molecule has 0 fully saturated rings. The zero-order valence-electron chi connectivity index (χ0n) is 14.4. The quantitative estimate of drug-likeness (QED) is 0.419. The Hall–Kier alpha value is -1.87. The maximum Gasteiger partial charge on any atom is 0.163 e. The summed E-state index contributed by atoms with van der Waals surface area (Å²) in [6, 6.07) is 15.6. The third kappa shape index (κ3) is 5.34. The fraction of sp³-hybridized carbons (Fsp3) is 0.286. The van der Waals surface area contributed by atoms with Gasteiger partial charge in [-0.2, -0.15) is 0 Å². The SMILES string of the molecule is COc1ccc(C(=O)CC(CC=C(C)C)c2ccc(Br)cc2)cc1. The molecular formula is C21H23BrO2. The number of allylic oxidation sites excluding steroid dienone is 2. The van der Waals surface area contributed by atoms with Crippen molar-refractivity contribution in [2.24, 2.45) is 0 Å². The van der Waals surface area contributed by atoms with Gasteiger partial charge in [0.1, 0.15) is 5.75 Å². The highest BCUT2D eigenvalue weighted by atomic mass is 79.9. The summed E-state index contributed by atoms with van der Waals surface area (Å²) in [5.41, 5.74) is 3.20. The molecule has 2 rings (SSSR count). The molecule has 1 unspecified atom stereocenters. The van der Waals surface area contributed by atoms with Crippen molar-refractivity contribution in [2.75, 3.05) is 7.11 Å². The third-order valence-corrected chi connectivity index (χ3v) is 4.52. The summed E-state index contributed by atoms with van der Waals surface area (Å²) >= 11 is 3.47. The highest BCUT2D eigenvalue weighted by Gasteiger charge is 2.16. The van der Waals surface area contributed by atoms with Gasteiger partial charge in [-0.1, -0.05) is 39.7 Å². The number of hydrogen-bond acceptors (Lipinski definition) is 2. The summed E-state index contributed by atoms with van der Waals surface area (Å²) in [7, 11) is 1.62. The molecule has 0 aliphatic carbocycles. The molecule has 2 nitrogen and oxygen atoms in total. The van der Waals surface area contributed by atoms with Crippen LogP contribution in [0.1, 0.15) is 48.5 Å². The summed E-state index contributed by atoms with van der Waals surface area (Å²) in [6.07, 6.45) is 3.57. The number of Topliss-reactive ketones (excluding diaryl/α,β-unsaturated/α-hetero) is 1. The van der Waals surface area contributed by atoms with Crippen LogP contribution in [0.4, 0.5) is 0 Å². The highest BCUT2D eigenvalue weighted by molar-refractivity contribution is 9.10. The van der Waals surface area contributed by atoms with Crippen LogP contribution in [-0.4, -0.2) is 12.9 Å². The number of halogens is 1. The molecule has 126 valence electrons. The van der Waals surface area contributed by atoms with Gasteiger partial charge >= 0.3 is 0 Å². The maximum atomic E-state index is 12.7. The molecule has 1 atom stereocenters. The molecule has 3 heteroatoms. The van der Waals surface area contributed by atoms with Gasteiger partial charge in [0.25, 0.3) is 0 Å². The van der Waals surface area contributed by atoms with Crippen LogP contribution in [0, 0.1) is 0 Å². The van der Waals surface area contributed by atoms with Crippen molar-refractivity contribution in [1.29, 1.82) is 0 Å². The van der Waals surface area contributed by atoms with Gasteiger partial charge in [0.05, 0.1) is 7.11 Å². The van der Waals surface area contributed by atoms with Gasteiger partial charge in [-0.15, -0.1) is 0 Å². The van der Waals surface area contributed by atoms with Crippen molar-refractivity contribution in [2.45, 2.75) is 32.6 Å². The summed E-state index contributed by atoms with van der Waals surface area (Å²) < 4.78 is 6.20. The molecule has 0 radical (unpaired) electrons. The van der Waals surface area contributed by atoms with E-state index < -0.39 is 0 Å². The first kappa shape index (κ1) is 18.5. The fourth-order valence-corrected chi connectivity index (χ4v) is 2.83. The number of ether oxygens (including phenoxy) is 1. The van der Waals surface area contributed by atoms with Gasteiger partial charge in [0.2, 0.25) is 0 Å².